The van der Waals surface area contributed by atoms with Gasteiger partial charge in [0.25, 0.3) is 0 Å². The quantitative estimate of drug-likeness (QED) is 0.917. The first kappa shape index (κ1) is 14.5. The first-order valence-corrected chi connectivity index (χ1v) is 6.61. The first-order valence-electron chi connectivity index (χ1n) is 6.61. The number of hydrogen-bond donors (Lipinski definition) is 1. The van der Waals surface area contributed by atoms with Crippen LogP contribution in [-0.2, 0) is 0 Å². The first-order chi connectivity index (χ1) is 9.47. The van der Waals surface area contributed by atoms with E-state index in [-0.39, 0.29) is 12.4 Å². The molecule has 0 saturated carbocycles. The van der Waals surface area contributed by atoms with Gasteiger partial charge in [-0.2, -0.15) is 0 Å². The van der Waals surface area contributed by atoms with Gasteiger partial charge in [-0.25, -0.2) is 4.39 Å². The summed E-state index contributed by atoms with van der Waals surface area (Å²) >= 11 is 0. The van der Waals surface area contributed by atoms with Crippen molar-refractivity contribution >= 4 is 0 Å². The van der Waals surface area contributed by atoms with Gasteiger partial charge in [-0.05, 0) is 55.7 Å². The fourth-order valence-electron chi connectivity index (χ4n) is 2.09. The molecule has 1 unspecified atom stereocenters. The summed E-state index contributed by atoms with van der Waals surface area (Å²) in [6, 6.07) is 10.5. The van der Waals surface area contributed by atoms with E-state index < -0.39 is 6.10 Å². The van der Waals surface area contributed by atoms with Gasteiger partial charge in [0, 0.05) is 0 Å². The lowest BCUT2D eigenvalue weighted by molar-refractivity contribution is 0.107. The summed E-state index contributed by atoms with van der Waals surface area (Å²) in [7, 11) is 0. The zero-order chi connectivity index (χ0) is 14.7. The van der Waals surface area contributed by atoms with E-state index in [2.05, 4.69) is 0 Å². The van der Waals surface area contributed by atoms with Crippen LogP contribution in [0.1, 0.15) is 28.4 Å². The molecule has 0 fully saturated rings. The van der Waals surface area contributed by atoms with E-state index in [4.69, 9.17) is 4.74 Å². The lowest BCUT2D eigenvalue weighted by Crippen LogP contribution is -2.11. The molecule has 0 heterocycles. The number of aliphatic hydroxyl groups is 1. The Hall–Kier alpha value is -1.87. The summed E-state index contributed by atoms with van der Waals surface area (Å²) in [5.74, 6) is 0.306. The smallest absolute Gasteiger partial charge is 0.126 e. The van der Waals surface area contributed by atoms with Crippen LogP contribution in [0.5, 0.6) is 5.75 Å². The highest BCUT2D eigenvalue weighted by atomic mass is 19.1. The largest absolute Gasteiger partial charge is 0.491 e. The second-order valence-electron chi connectivity index (χ2n) is 5.10. The van der Waals surface area contributed by atoms with Crippen LogP contribution < -0.4 is 4.74 Å². The van der Waals surface area contributed by atoms with Crippen molar-refractivity contribution in [1.82, 2.24) is 0 Å². The zero-order valence-electron chi connectivity index (χ0n) is 12.0. The Morgan fingerprint density at radius 3 is 2.50 bits per heavy atom. The Morgan fingerprint density at radius 2 is 1.80 bits per heavy atom. The molecule has 0 aromatic heterocycles. The maximum atomic E-state index is 13.2. The highest BCUT2D eigenvalue weighted by Crippen LogP contribution is 2.22. The van der Waals surface area contributed by atoms with Gasteiger partial charge in [0.15, 0.2) is 0 Å². The van der Waals surface area contributed by atoms with Gasteiger partial charge in [-0.15, -0.1) is 0 Å². The van der Waals surface area contributed by atoms with Gasteiger partial charge in [-0.1, -0.05) is 23.8 Å². The molecule has 0 spiro atoms. The van der Waals surface area contributed by atoms with Crippen molar-refractivity contribution in [2.75, 3.05) is 6.61 Å². The Labute approximate surface area is 118 Å². The maximum Gasteiger partial charge on any atom is 0.126 e. The molecule has 0 saturated heterocycles. The van der Waals surface area contributed by atoms with Crippen molar-refractivity contribution < 1.29 is 14.2 Å². The van der Waals surface area contributed by atoms with Crippen LogP contribution >= 0.6 is 0 Å². The second kappa shape index (κ2) is 6.06. The summed E-state index contributed by atoms with van der Waals surface area (Å²) in [5.41, 5.74) is 3.52. The van der Waals surface area contributed by atoms with Crippen LogP contribution in [-0.4, -0.2) is 11.7 Å². The summed E-state index contributed by atoms with van der Waals surface area (Å²) in [4.78, 5) is 0. The minimum atomic E-state index is -0.694. The van der Waals surface area contributed by atoms with Crippen molar-refractivity contribution in [1.29, 1.82) is 0 Å². The Morgan fingerprint density at radius 1 is 1.05 bits per heavy atom. The molecule has 2 aromatic rings. The molecule has 106 valence electrons. The maximum absolute atomic E-state index is 13.2. The fourth-order valence-corrected chi connectivity index (χ4v) is 2.09. The van der Waals surface area contributed by atoms with E-state index >= 15 is 0 Å². The molecule has 0 bridgehead atoms. The number of aryl methyl sites for hydroxylation is 3. The van der Waals surface area contributed by atoms with Crippen LogP contribution in [0.15, 0.2) is 36.4 Å². The molecule has 0 aliphatic heterocycles. The van der Waals surface area contributed by atoms with Crippen LogP contribution in [0.3, 0.4) is 0 Å². The monoisotopic (exact) mass is 274 g/mol. The Balaban J connectivity index is 2.06. The third-order valence-electron chi connectivity index (χ3n) is 3.33. The number of ether oxygens (including phenoxy) is 1. The number of hydrogen-bond acceptors (Lipinski definition) is 2. The van der Waals surface area contributed by atoms with Gasteiger partial charge >= 0.3 is 0 Å². The molecule has 0 radical (unpaired) electrons. The molecule has 2 nitrogen and oxygen atoms in total. The molecule has 1 atom stereocenters. The Bertz CT molecular complexity index is 608. The van der Waals surface area contributed by atoms with Gasteiger partial charge in [0.1, 0.15) is 24.3 Å². The summed E-state index contributed by atoms with van der Waals surface area (Å²) in [5, 5.41) is 10.2. The van der Waals surface area contributed by atoms with Gasteiger partial charge in [0.2, 0.25) is 0 Å². The van der Waals surface area contributed by atoms with Crippen molar-refractivity contribution in [3.8, 4) is 5.75 Å². The zero-order valence-corrected chi connectivity index (χ0v) is 12.0. The van der Waals surface area contributed by atoms with E-state index in [9.17, 15) is 9.50 Å². The SMILES string of the molecule is Cc1ccc(C)c(C(O)COc2ccc(F)c(C)c2)c1. The number of benzene rings is 2. The summed E-state index contributed by atoms with van der Waals surface area (Å²) < 4.78 is 18.7. The minimum Gasteiger partial charge on any atom is -0.491 e. The molecule has 0 aliphatic rings. The standard InChI is InChI=1S/C17H19FO2/c1-11-4-5-12(2)15(8-11)17(19)10-20-14-6-7-16(18)13(3)9-14/h4-9,17,19H,10H2,1-3H3. The van der Waals surface area contributed by atoms with E-state index in [1.807, 2.05) is 32.0 Å². The number of halogens is 1. The third-order valence-corrected chi connectivity index (χ3v) is 3.33. The van der Waals surface area contributed by atoms with Crippen molar-refractivity contribution in [3.05, 3.63) is 64.5 Å². The summed E-state index contributed by atoms with van der Waals surface area (Å²) in [6.45, 7) is 5.78. The molecule has 0 amide bonds. The van der Waals surface area contributed by atoms with Crippen LogP contribution in [0, 0.1) is 26.6 Å². The molecule has 0 aliphatic carbocycles. The number of rotatable bonds is 4. The second-order valence-corrected chi connectivity index (χ2v) is 5.10. The molecule has 1 N–H and O–H groups in total. The van der Waals surface area contributed by atoms with E-state index in [1.54, 1.807) is 19.1 Å². The molecule has 20 heavy (non-hydrogen) atoms. The van der Waals surface area contributed by atoms with Crippen molar-refractivity contribution in [3.63, 3.8) is 0 Å². The normalized spacial score (nSPS) is 12.2. The molecule has 2 rings (SSSR count). The summed E-state index contributed by atoms with van der Waals surface area (Å²) in [6.07, 6.45) is -0.694. The molecular formula is C17H19FO2. The molecule has 3 heteroatoms. The van der Waals surface area contributed by atoms with E-state index in [0.717, 1.165) is 16.7 Å². The van der Waals surface area contributed by atoms with Crippen LogP contribution in [0.2, 0.25) is 0 Å². The lowest BCUT2D eigenvalue weighted by Gasteiger charge is -2.16. The predicted molar refractivity (Wildman–Crippen MR) is 77.5 cm³/mol. The minimum absolute atomic E-state index is 0.148. The van der Waals surface area contributed by atoms with Crippen LogP contribution in [0.4, 0.5) is 4.39 Å². The van der Waals surface area contributed by atoms with Gasteiger partial charge in [-0.3, -0.25) is 0 Å². The molecular weight excluding hydrogens is 255 g/mol. The van der Waals surface area contributed by atoms with Crippen LogP contribution in [0.25, 0.3) is 0 Å². The highest BCUT2D eigenvalue weighted by molar-refractivity contribution is 5.33. The Kier molecular flexibility index (Phi) is 4.40. The van der Waals surface area contributed by atoms with Crippen molar-refractivity contribution in [2.24, 2.45) is 0 Å². The van der Waals surface area contributed by atoms with Gasteiger partial charge < -0.3 is 9.84 Å². The van der Waals surface area contributed by atoms with Gasteiger partial charge in [0.05, 0.1) is 0 Å². The highest BCUT2D eigenvalue weighted by Gasteiger charge is 2.12. The average Bonchev–Trinajstić information content (AvgIpc) is 2.42. The third kappa shape index (κ3) is 3.36. The average molecular weight is 274 g/mol. The van der Waals surface area contributed by atoms with E-state index in [0.29, 0.717) is 11.3 Å². The predicted octanol–water partition coefficient (Wildman–Crippen LogP) is 3.86. The van der Waals surface area contributed by atoms with Crippen molar-refractivity contribution in [2.45, 2.75) is 26.9 Å². The lowest BCUT2D eigenvalue weighted by atomic mass is 10.0. The fraction of sp³-hybridized carbons (Fsp3) is 0.294. The molecule has 2 aromatic carbocycles. The van der Waals surface area contributed by atoms with E-state index in [1.165, 1.54) is 6.07 Å². The topological polar surface area (TPSA) is 29.5 Å². The number of aliphatic hydroxyl groups excluding tert-OH is 1.